The molecule has 0 bridgehead atoms. The van der Waals surface area contributed by atoms with Crippen molar-refractivity contribution in [3.63, 3.8) is 0 Å². The maximum absolute atomic E-state index is 6.14. The quantitative estimate of drug-likeness (QED) is 0.713. The summed E-state index contributed by atoms with van der Waals surface area (Å²) in [6.45, 7) is 2.49. The van der Waals surface area contributed by atoms with Gasteiger partial charge in [0.15, 0.2) is 0 Å². The third-order valence-corrected chi connectivity index (χ3v) is 4.37. The summed E-state index contributed by atoms with van der Waals surface area (Å²) in [6, 6.07) is 18.3. The van der Waals surface area contributed by atoms with Crippen LogP contribution in [0.1, 0.15) is 11.1 Å². The number of aryl methyl sites for hydroxylation is 1. The summed E-state index contributed by atoms with van der Waals surface area (Å²) in [7, 11) is 0. The molecule has 0 aromatic heterocycles. The molecule has 3 aromatic carbocycles. The monoisotopic (exact) mass is 341 g/mol. The molecule has 0 atom stereocenters. The zero-order valence-electron chi connectivity index (χ0n) is 11.8. The Balaban J connectivity index is 2.09. The van der Waals surface area contributed by atoms with Gasteiger partial charge in [0.05, 0.1) is 4.47 Å². The summed E-state index contributed by atoms with van der Waals surface area (Å²) in [4.78, 5) is 0. The highest BCUT2D eigenvalue weighted by atomic mass is 79.9. The molecular weight excluding hydrogens is 326 g/mol. The second-order valence-corrected chi connectivity index (χ2v) is 5.76. The summed E-state index contributed by atoms with van der Waals surface area (Å²) in [5, 5.41) is 2.32. The predicted molar refractivity (Wildman–Crippen MR) is 90.8 cm³/mol. The Morgan fingerprint density at radius 1 is 1.00 bits per heavy atom. The number of hydrogen-bond donors (Lipinski definition) is 1. The molecule has 3 aromatic rings. The van der Waals surface area contributed by atoms with Crippen LogP contribution in [0.2, 0.25) is 0 Å². The average Bonchev–Trinajstić information content (AvgIpc) is 2.52. The van der Waals surface area contributed by atoms with Gasteiger partial charge in [0.1, 0.15) is 11.5 Å². The third kappa shape index (κ3) is 2.67. The van der Waals surface area contributed by atoms with Crippen molar-refractivity contribution in [3.8, 4) is 11.5 Å². The fourth-order valence-corrected chi connectivity index (χ4v) is 3.00. The Morgan fingerprint density at radius 3 is 2.62 bits per heavy atom. The molecule has 21 heavy (non-hydrogen) atoms. The first-order valence-electron chi connectivity index (χ1n) is 6.84. The van der Waals surface area contributed by atoms with E-state index in [-0.39, 0.29) is 0 Å². The molecule has 0 saturated carbocycles. The van der Waals surface area contributed by atoms with Gasteiger partial charge in [-0.05, 0) is 45.3 Å². The van der Waals surface area contributed by atoms with Crippen LogP contribution in [0.5, 0.6) is 11.5 Å². The Hall–Kier alpha value is -1.84. The standard InChI is InChI=1S/C18H16BrNO/c1-12-5-4-7-14(11-20)18(12)21-16-10-9-13-6-2-3-8-15(13)17(16)19/h2-10H,11,20H2,1H3. The van der Waals surface area contributed by atoms with Gasteiger partial charge in [-0.2, -0.15) is 0 Å². The van der Waals surface area contributed by atoms with Crippen LogP contribution in [-0.4, -0.2) is 0 Å². The maximum Gasteiger partial charge on any atom is 0.142 e. The summed E-state index contributed by atoms with van der Waals surface area (Å²) < 4.78 is 7.11. The lowest BCUT2D eigenvalue weighted by Crippen LogP contribution is -2.01. The van der Waals surface area contributed by atoms with E-state index in [9.17, 15) is 0 Å². The summed E-state index contributed by atoms with van der Waals surface area (Å²) in [5.74, 6) is 1.65. The number of rotatable bonds is 3. The lowest BCUT2D eigenvalue weighted by Gasteiger charge is -2.15. The van der Waals surface area contributed by atoms with Gasteiger partial charge in [-0.3, -0.25) is 0 Å². The maximum atomic E-state index is 6.14. The fraction of sp³-hybridized carbons (Fsp3) is 0.111. The fourth-order valence-electron chi connectivity index (χ4n) is 2.42. The van der Waals surface area contributed by atoms with Crippen molar-refractivity contribution in [1.29, 1.82) is 0 Å². The number of benzene rings is 3. The first-order valence-corrected chi connectivity index (χ1v) is 7.63. The first-order chi connectivity index (χ1) is 10.2. The van der Waals surface area contributed by atoms with E-state index in [0.717, 1.165) is 32.5 Å². The molecule has 0 aliphatic rings. The van der Waals surface area contributed by atoms with E-state index in [1.165, 1.54) is 5.39 Å². The van der Waals surface area contributed by atoms with Crippen LogP contribution in [-0.2, 0) is 6.54 Å². The minimum absolute atomic E-state index is 0.461. The van der Waals surface area contributed by atoms with E-state index < -0.39 is 0 Å². The van der Waals surface area contributed by atoms with Gasteiger partial charge in [-0.15, -0.1) is 0 Å². The molecular formula is C18H16BrNO. The molecule has 0 unspecified atom stereocenters. The highest BCUT2D eigenvalue weighted by molar-refractivity contribution is 9.10. The first kappa shape index (κ1) is 14.1. The van der Waals surface area contributed by atoms with Crippen molar-refractivity contribution in [3.05, 3.63) is 70.2 Å². The van der Waals surface area contributed by atoms with Gasteiger partial charge in [0, 0.05) is 12.1 Å². The summed E-state index contributed by atoms with van der Waals surface area (Å²) in [5.41, 5.74) is 7.90. The number of fused-ring (bicyclic) bond motifs is 1. The van der Waals surface area contributed by atoms with Gasteiger partial charge in [-0.1, -0.05) is 48.5 Å². The van der Waals surface area contributed by atoms with Crippen LogP contribution in [0.25, 0.3) is 10.8 Å². The van der Waals surface area contributed by atoms with Crippen LogP contribution < -0.4 is 10.5 Å². The highest BCUT2D eigenvalue weighted by Crippen LogP contribution is 2.37. The minimum atomic E-state index is 0.461. The topological polar surface area (TPSA) is 35.2 Å². The van der Waals surface area contributed by atoms with Crippen LogP contribution in [0, 0.1) is 6.92 Å². The Bertz CT molecular complexity index is 798. The van der Waals surface area contributed by atoms with Crippen molar-refractivity contribution in [2.75, 3.05) is 0 Å². The Labute approximate surface area is 132 Å². The van der Waals surface area contributed by atoms with Crippen LogP contribution in [0.15, 0.2) is 59.1 Å². The largest absolute Gasteiger partial charge is 0.456 e. The normalized spacial score (nSPS) is 10.8. The van der Waals surface area contributed by atoms with Crippen molar-refractivity contribution in [2.24, 2.45) is 5.73 Å². The lowest BCUT2D eigenvalue weighted by molar-refractivity contribution is 0.470. The summed E-state index contributed by atoms with van der Waals surface area (Å²) >= 11 is 3.65. The molecule has 3 heteroatoms. The SMILES string of the molecule is Cc1cccc(CN)c1Oc1ccc2ccccc2c1Br. The van der Waals surface area contributed by atoms with Gasteiger partial charge in [-0.25, -0.2) is 0 Å². The Kier molecular flexibility index (Phi) is 3.95. The predicted octanol–water partition coefficient (Wildman–Crippen LogP) is 5.16. The molecule has 0 spiro atoms. The van der Waals surface area contributed by atoms with Crippen LogP contribution >= 0.6 is 15.9 Å². The molecule has 0 amide bonds. The van der Waals surface area contributed by atoms with Crippen LogP contribution in [0.4, 0.5) is 0 Å². The zero-order chi connectivity index (χ0) is 14.8. The van der Waals surface area contributed by atoms with E-state index >= 15 is 0 Å². The lowest BCUT2D eigenvalue weighted by atomic mass is 10.1. The average molecular weight is 342 g/mol. The van der Waals surface area contributed by atoms with Gasteiger partial charge in [0.2, 0.25) is 0 Å². The van der Waals surface area contributed by atoms with E-state index in [0.29, 0.717) is 6.54 Å². The van der Waals surface area contributed by atoms with Crippen molar-refractivity contribution >= 4 is 26.7 Å². The molecule has 2 nitrogen and oxygen atoms in total. The van der Waals surface area contributed by atoms with Crippen molar-refractivity contribution < 1.29 is 4.74 Å². The minimum Gasteiger partial charge on any atom is -0.456 e. The van der Waals surface area contributed by atoms with E-state index in [1.807, 2.05) is 43.3 Å². The molecule has 0 fully saturated rings. The molecule has 0 radical (unpaired) electrons. The number of halogens is 1. The number of hydrogen-bond acceptors (Lipinski definition) is 2. The molecule has 0 heterocycles. The number of para-hydroxylation sites is 1. The van der Waals surface area contributed by atoms with E-state index in [4.69, 9.17) is 10.5 Å². The van der Waals surface area contributed by atoms with Crippen molar-refractivity contribution in [2.45, 2.75) is 13.5 Å². The molecule has 3 rings (SSSR count). The second-order valence-electron chi connectivity index (χ2n) is 4.97. The second kappa shape index (κ2) is 5.88. The van der Waals surface area contributed by atoms with Gasteiger partial charge in [0.25, 0.3) is 0 Å². The molecule has 0 saturated heterocycles. The molecule has 106 valence electrons. The summed E-state index contributed by atoms with van der Waals surface area (Å²) in [6.07, 6.45) is 0. The van der Waals surface area contributed by atoms with Crippen molar-refractivity contribution in [1.82, 2.24) is 0 Å². The van der Waals surface area contributed by atoms with Crippen LogP contribution in [0.3, 0.4) is 0 Å². The molecule has 0 aliphatic heterocycles. The molecule has 0 aliphatic carbocycles. The number of ether oxygens (including phenoxy) is 1. The van der Waals surface area contributed by atoms with Gasteiger partial charge >= 0.3 is 0 Å². The third-order valence-electron chi connectivity index (χ3n) is 3.55. The smallest absolute Gasteiger partial charge is 0.142 e. The number of nitrogens with two attached hydrogens (primary N) is 1. The highest BCUT2D eigenvalue weighted by Gasteiger charge is 2.11. The molecule has 2 N–H and O–H groups in total. The van der Waals surface area contributed by atoms with Gasteiger partial charge < -0.3 is 10.5 Å². The zero-order valence-corrected chi connectivity index (χ0v) is 13.4. The van der Waals surface area contributed by atoms with E-state index in [1.54, 1.807) is 0 Å². The van der Waals surface area contributed by atoms with E-state index in [2.05, 4.69) is 34.1 Å². The Morgan fingerprint density at radius 2 is 1.81 bits per heavy atom.